The van der Waals surface area contributed by atoms with Gasteiger partial charge in [-0.05, 0) is 45.0 Å². The minimum absolute atomic E-state index is 0.136. The van der Waals surface area contributed by atoms with E-state index in [1.54, 1.807) is 7.11 Å². The van der Waals surface area contributed by atoms with Gasteiger partial charge in [0.15, 0.2) is 0 Å². The van der Waals surface area contributed by atoms with Crippen molar-refractivity contribution < 1.29 is 9.47 Å². The van der Waals surface area contributed by atoms with Gasteiger partial charge in [-0.2, -0.15) is 0 Å². The van der Waals surface area contributed by atoms with Crippen molar-refractivity contribution in [1.29, 1.82) is 0 Å². The zero-order valence-electron chi connectivity index (χ0n) is 12.2. The number of nitrogens with one attached hydrogen (secondary N) is 1. The van der Waals surface area contributed by atoms with Gasteiger partial charge >= 0.3 is 0 Å². The summed E-state index contributed by atoms with van der Waals surface area (Å²) in [6.45, 7) is 10.7. The molecule has 1 N–H and O–H groups in total. The van der Waals surface area contributed by atoms with Crippen molar-refractivity contribution in [1.82, 2.24) is 5.32 Å². The van der Waals surface area contributed by atoms with Gasteiger partial charge < -0.3 is 14.8 Å². The first-order valence-corrected chi connectivity index (χ1v) is 6.46. The Morgan fingerprint density at radius 3 is 2.50 bits per heavy atom. The Hall–Kier alpha value is -1.06. The molecule has 0 bridgehead atoms. The monoisotopic (exact) mass is 251 g/mol. The van der Waals surface area contributed by atoms with Gasteiger partial charge in [0.1, 0.15) is 5.75 Å². The molecule has 0 radical (unpaired) electrons. The molecule has 0 fully saturated rings. The maximum Gasteiger partial charge on any atom is 0.124 e. The smallest absolute Gasteiger partial charge is 0.124 e. The molecule has 1 aromatic rings. The zero-order valence-corrected chi connectivity index (χ0v) is 12.2. The summed E-state index contributed by atoms with van der Waals surface area (Å²) < 4.78 is 11.2. The van der Waals surface area contributed by atoms with Crippen LogP contribution in [0, 0.1) is 0 Å². The van der Waals surface area contributed by atoms with E-state index in [2.05, 4.69) is 45.1 Å². The summed E-state index contributed by atoms with van der Waals surface area (Å²) in [5.41, 5.74) is 2.22. The van der Waals surface area contributed by atoms with Gasteiger partial charge in [-0.1, -0.05) is 13.0 Å². The standard InChI is InChI=1S/C15H25NO2/c1-6-16-10-12-7-8-14(17-5)13(9-12)11-18-15(2,3)4/h7-9,16H,6,10-11H2,1-5H3. The molecule has 102 valence electrons. The molecule has 3 heteroatoms. The molecule has 0 atom stereocenters. The summed E-state index contributed by atoms with van der Waals surface area (Å²) in [4.78, 5) is 0. The van der Waals surface area contributed by atoms with Crippen LogP contribution in [-0.4, -0.2) is 19.3 Å². The first kappa shape index (κ1) is 15.0. The fourth-order valence-electron chi connectivity index (χ4n) is 1.62. The number of benzene rings is 1. The molecule has 1 rings (SSSR count). The molecular formula is C15H25NO2. The fourth-order valence-corrected chi connectivity index (χ4v) is 1.62. The minimum atomic E-state index is -0.136. The molecule has 0 aromatic heterocycles. The quantitative estimate of drug-likeness (QED) is 0.842. The van der Waals surface area contributed by atoms with E-state index in [9.17, 15) is 0 Å². The van der Waals surface area contributed by atoms with Gasteiger partial charge in [0.2, 0.25) is 0 Å². The highest BCUT2D eigenvalue weighted by Gasteiger charge is 2.12. The first-order valence-electron chi connectivity index (χ1n) is 6.46. The summed E-state index contributed by atoms with van der Waals surface area (Å²) in [5, 5.41) is 3.32. The lowest BCUT2D eigenvalue weighted by molar-refractivity contribution is -0.0156. The van der Waals surface area contributed by atoms with Gasteiger partial charge in [-0.25, -0.2) is 0 Å². The van der Waals surface area contributed by atoms with E-state index in [0.29, 0.717) is 6.61 Å². The van der Waals surface area contributed by atoms with Gasteiger partial charge in [-0.15, -0.1) is 0 Å². The molecule has 18 heavy (non-hydrogen) atoms. The lowest BCUT2D eigenvalue weighted by atomic mass is 10.1. The van der Waals surface area contributed by atoms with Crippen LogP contribution in [0.25, 0.3) is 0 Å². The van der Waals surface area contributed by atoms with Gasteiger partial charge in [-0.3, -0.25) is 0 Å². The van der Waals surface area contributed by atoms with E-state index >= 15 is 0 Å². The lowest BCUT2D eigenvalue weighted by Crippen LogP contribution is -2.19. The molecule has 0 aliphatic rings. The summed E-state index contributed by atoms with van der Waals surface area (Å²) in [7, 11) is 1.69. The Morgan fingerprint density at radius 1 is 1.22 bits per heavy atom. The van der Waals surface area contributed by atoms with Crippen molar-refractivity contribution in [3.63, 3.8) is 0 Å². The lowest BCUT2D eigenvalue weighted by Gasteiger charge is -2.21. The molecule has 0 amide bonds. The van der Waals surface area contributed by atoms with Crippen LogP contribution >= 0.6 is 0 Å². The Kier molecular flexibility index (Phi) is 5.63. The molecule has 0 aliphatic carbocycles. The first-order chi connectivity index (χ1) is 8.46. The van der Waals surface area contributed by atoms with E-state index in [4.69, 9.17) is 9.47 Å². The van der Waals surface area contributed by atoms with Crippen LogP contribution in [0.5, 0.6) is 5.75 Å². The maximum atomic E-state index is 5.82. The molecule has 0 unspecified atom stereocenters. The normalized spacial score (nSPS) is 11.6. The number of rotatable bonds is 6. The van der Waals surface area contributed by atoms with Crippen LogP contribution in [0.3, 0.4) is 0 Å². The van der Waals surface area contributed by atoms with Crippen molar-refractivity contribution in [3.05, 3.63) is 29.3 Å². The van der Waals surface area contributed by atoms with E-state index in [0.717, 1.165) is 24.4 Å². The van der Waals surface area contributed by atoms with Crippen molar-refractivity contribution in [2.45, 2.75) is 46.4 Å². The summed E-state index contributed by atoms with van der Waals surface area (Å²) >= 11 is 0. The fraction of sp³-hybridized carbons (Fsp3) is 0.600. The Morgan fingerprint density at radius 2 is 1.94 bits per heavy atom. The number of methoxy groups -OCH3 is 1. The Balaban J connectivity index is 2.78. The second-order valence-corrected chi connectivity index (χ2v) is 5.33. The van der Waals surface area contributed by atoms with Crippen molar-refractivity contribution in [2.24, 2.45) is 0 Å². The van der Waals surface area contributed by atoms with Crippen LogP contribution < -0.4 is 10.1 Å². The largest absolute Gasteiger partial charge is 0.496 e. The minimum Gasteiger partial charge on any atom is -0.496 e. The number of hydrogen-bond acceptors (Lipinski definition) is 3. The zero-order chi connectivity index (χ0) is 13.6. The second-order valence-electron chi connectivity index (χ2n) is 5.33. The molecule has 1 aromatic carbocycles. The number of ether oxygens (including phenoxy) is 2. The molecule has 0 saturated carbocycles. The van der Waals surface area contributed by atoms with Gasteiger partial charge in [0, 0.05) is 12.1 Å². The SMILES string of the molecule is CCNCc1ccc(OC)c(COC(C)(C)C)c1. The third-order valence-electron chi connectivity index (χ3n) is 2.58. The summed E-state index contributed by atoms with van der Waals surface area (Å²) in [6.07, 6.45) is 0. The van der Waals surface area contributed by atoms with Crippen LogP contribution in [0.1, 0.15) is 38.8 Å². The Bertz CT molecular complexity index is 369. The predicted molar refractivity (Wildman–Crippen MR) is 74.9 cm³/mol. The maximum absolute atomic E-state index is 5.82. The molecule has 0 aliphatic heterocycles. The molecule has 0 spiro atoms. The van der Waals surface area contributed by atoms with Crippen molar-refractivity contribution >= 4 is 0 Å². The Labute approximate surface area is 110 Å². The second kappa shape index (κ2) is 6.76. The highest BCUT2D eigenvalue weighted by molar-refractivity contribution is 5.36. The summed E-state index contributed by atoms with van der Waals surface area (Å²) in [6, 6.07) is 6.24. The van der Waals surface area contributed by atoms with Gasteiger partial charge in [0.05, 0.1) is 19.3 Å². The molecular weight excluding hydrogens is 226 g/mol. The van der Waals surface area contributed by atoms with Crippen molar-refractivity contribution in [2.75, 3.05) is 13.7 Å². The molecule has 0 heterocycles. The van der Waals surface area contributed by atoms with E-state index in [1.807, 2.05) is 6.07 Å². The highest BCUT2D eigenvalue weighted by atomic mass is 16.5. The summed E-state index contributed by atoms with van der Waals surface area (Å²) in [5.74, 6) is 0.888. The van der Waals surface area contributed by atoms with E-state index in [1.165, 1.54) is 5.56 Å². The predicted octanol–water partition coefficient (Wildman–Crippen LogP) is 3.12. The third-order valence-corrected chi connectivity index (χ3v) is 2.58. The molecule has 0 saturated heterocycles. The van der Waals surface area contributed by atoms with E-state index in [-0.39, 0.29) is 5.60 Å². The topological polar surface area (TPSA) is 30.5 Å². The molecule has 3 nitrogen and oxygen atoms in total. The van der Waals surface area contributed by atoms with Crippen LogP contribution in [0.2, 0.25) is 0 Å². The average Bonchev–Trinajstić information content (AvgIpc) is 2.33. The average molecular weight is 251 g/mol. The third kappa shape index (κ3) is 5.07. The number of hydrogen-bond donors (Lipinski definition) is 1. The van der Waals surface area contributed by atoms with Crippen molar-refractivity contribution in [3.8, 4) is 5.75 Å². The van der Waals surface area contributed by atoms with E-state index < -0.39 is 0 Å². The van der Waals surface area contributed by atoms with Crippen LogP contribution in [0.15, 0.2) is 18.2 Å². The highest BCUT2D eigenvalue weighted by Crippen LogP contribution is 2.23. The van der Waals surface area contributed by atoms with Gasteiger partial charge in [0.25, 0.3) is 0 Å². The van der Waals surface area contributed by atoms with Crippen LogP contribution in [-0.2, 0) is 17.9 Å². The van der Waals surface area contributed by atoms with Crippen LogP contribution in [0.4, 0.5) is 0 Å².